The lowest BCUT2D eigenvalue weighted by molar-refractivity contribution is 0.438. The van der Waals surface area contributed by atoms with E-state index in [1.807, 2.05) is 0 Å². The standard InChI is InChI=1S/C6H2ClF4N/c7-1-2(8)4(10)5(11)6(12)3(1)9/h12H2. The first-order valence-corrected chi connectivity index (χ1v) is 3.11. The second-order valence-electron chi connectivity index (χ2n) is 1.98. The average Bonchev–Trinajstić information content (AvgIpc) is 2.08. The van der Waals surface area contributed by atoms with E-state index in [-0.39, 0.29) is 0 Å². The van der Waals surface area contributed by atoms with Crippen LogP contribution < -0.4 is 5.73 Å². The van der Waals surface area contributed by atoms with E-state index in [1.54, 1.807) is 0 Å². The van der Waals surface area contributed by atoms with Crippen molar-refractivity contribution in [1.82, 2.24) is 0 Å². The van der Waals surface area contributed by atoms with E-state index >= 15 is 0 Å². The van der Waals surface area contributed by atoms with Crippen LogP contribution in [-0.4, -0.2) is 0 Å². The number of benzene rings is 1. The maximum atomic E-state index is 12.5. The molecule has 1 nitrogen and oxygen atoms in total. The second kappa shape index (κ2) is 2.82. The van der Waals surface area contributed by atoms with E-state index in [2.05, 4.69) is 0 Å². The highest BCUT2D eigenvalue weighted by Crippen LogP contribution is 2.28. The van der Waals surface area contributed by atoms with E-state index in [1.165, 1.54) is 0 Å². The lowest BCUT2D eigenvalue weighted by Gasteiger charge is -2.03. The third kappa shape index (κ3) is 1.10. The average molecular weight is 200 g/mol. The summed E-state index contributed by atoms with van der Waals surface area (Å²) in [5.41, 5.74) is 3.59. The molecule has 0 aliphatic rings. The number of anilines is 1. The summed E-state index contributed by atoms with van der Waals surface area (Å²) in [6.07, 6.45) is 0. The van der Waals surface area contributed by atoms with Crippen LogP contribution in [-0.2, 0) is 0 Å². The van der Waals surface area contributed by atoms with Crippen molar-refractivity contribution in [2.45, 2.75) is 0 Å². The first kappa shape index (κ1) is 9.12. The molecular weight excluding hydrogens is 198 g/mol. The Morgan fingerprint density at radius 2 is 1.33 bits per heavy atom. The molecule has 0 aliphatic carbocycles. The molecule has 2 N–H and O–H groups in total. The molecule has 0 radical (unpaired) electrons. The summed E-state index contributed by atoms with van der Waals surface area (Å²) in [5, 5.41) is -1.15. The topological polar surface area (TPSA) is 26.0 Å². The SMILES string of the molecule is Nc1c(F)c(F)c(F)c(Cl)c1F. The van der Waals surface area contributed by atoms with Gasteiger partial charge in [0, 0.05) is 0 Å². The summed E-state index contributed by atoms with van der Waals surface area (Å²) >= 11 is 4.92. The molecule has 0 fully saturated rings. The Bertz CT molecular complexity index is 234. The third-order valence-corrected chi connectivity index (χ3v) is 1.58. The summed E-state index contributed by atoms with van der Waals surface area (Å²) in [6.45, 7) is 0. The van der Waals surface area contributed by atoms with Gasteiger partial charge in [-0.2, -0.15) is 0 Å². The lowest BCUT2D eigenvalue weighted by atomic mass is 10.2. The molecule has 1 aromatic rings. The van der Waals surface area contributed by atoms with Crippen LogP contribution in [0.3, 0.4) is 0 Å². The Kier molecular flexibility index (Phi) is 2.14. The predicted molar refractivity (Wildman–Crippen MR) is 35.7 cm³/mol. The summed E-state index contributed by atoms with van der Waals surface area (Å²) in [7, 11) is 0. The number of nitrogens with two attached hydrogens (primary N) is 1. The summed E-state index contributed by atoms with van der Waals surface area (Å²) < 4.78 is 49.7. The minimum atomic E-state index is -1.88. The van der Waals surface area contributed by atoms with E-state index in [4.69, 9.17) is 17.3 Å². The number of halogens is 5. The monoisotopic (exact) mass is 199 g/mol. The number of rotatable bonds is 0. The van der Waals surface area contributed by atoms with Crippen molar-refractivity contribution in [1.29, 1.82) is 0 Å². The Labute approximate surface area is 69.7 Å². The Morgan fingerprint density at radius 1 is 0.833 bits per heavy atom. The second-order valence-corrected chi connectivity index (χ2v) is 2.36. The van der Waals surface area contributed by atoms with Gasteiger partial charge < -0.3 is 5.73 Å². The van der Waals surface area contributed by atoms with Crippen LogP contribution in [0.2, 0.25) is 5.02 Å². The minimum Gasteiger partial charge on any atom is -0.394 e. The maximum absolute atomic E-state index is 12.5. The quantitative estimate of drug-likeness (QED) is 0.295. The fraction of sp³-hybridized carbons (Fsp3) is 0. The van der Waals surface area contributed by atoms with Crippen molar-refractivity contribution < 1.29 is 17.6 Å². The number of nitrogen functional groups attached to an aromatic ring is 1. The van der Waals surface area contributed by atoms with Crippen LogP contribution in [0, 0.1) is 23.3 Å². The minimum absolute atomic E-state index is 1.13. The summed E-state index contributed by atoms with van der Waals surface area (Å²) in [6, 6.07) is 0. The zero-order chi connectivity index (χ0) is 9.46. The third-order valence-electron chi connectivity index (χ3n) is 1.24. The predicted octanol–water partition coefficient (Wildman–Crippen LogP) is 2.48. The molecular formula is C6H2ClF4N. The smallest absolute Gasteiger partial charge is 0.198 e. The Hall–Kier alpha value is -0.970. The van der Waals surface area contributed by atoms with Crippen molar-refractivity contribution in [3.8, 4) is 0 Å². The molecule has 0 saturated carbocycles. The van der Waals surface area contributed by atoms with E-state index in [0.717, 1.165) is 0 Å². The van der Waals surface area contributed by atoms with Crippen molar-refractivity contribution in [3.05, 3.63) is 28.3 Å². The molecule has 0 aromatic heterocycles. The zero-order valence-corrected chi connectivity index (χ0v) is 6.22. The van der Waals surface area contributed by atoms with Crippen LogP contribution in [0.15, 0.2) is 0 Å². The van der Waals surface area contributed by atoms with Gasteiger partial charge in [-0.1, -0.05) is 11.6 Å². The molecule has 6 heteroatoms. The first-order chi connectivity index (χ1) is 5.46. The van der Waals surface area contributed by atoms with Gasteiger partial charge in [-0.15, -0.1) is 0 Å². The van der Waals surface area contributed by atoms with Crippen molar-refractivity contribution >= 4 is 17.3 Å². The molecule has 66 valence electrons. The van der Waals surface area contributed by atoms with Gasteiger partial charge >= 0.3 is 0 Å². The molecule has 0 saturated heterocycles. The van der Waals surface area contributed by atoms with Crippen molar-refractivity contribution in [2.75, 3.05) is 5.73 Å². The molecule has 0 spiro atoms. The highest BCUT2D eigenvalue weighted by Gasteiger charge is 2.22. The Balaban J connectivity index is 3.60. The summed E-state index contributed by atoms with van der Waals surface area (Å²) in [4.78, 5) is 0. The fourth-order valence-corrected chi connectivity index (χ4v) is 0.807. The van der Waals surface area contributed by atoms with Crippen LogP contribution >= 0.6 is 11.6 Å². The molecule has 1 aromatic carbocycles. The lowest BCUT2D eigenvalue weighted by Crippen LogP contribution is -2.03. The van der Waals surface area contributed by atoms with Gasteiger partial charge in [0.2, 0.25) is 0 Å². The summed E-state index contributed by atoms with van der Waals surface area (Å²) in [5.74, 6) is -6.91. The van der Waals surface area contributed by atoms with Crippen LogP contribution in [0.5, 0.6) is 0 Å². The van der Waals surface area contributed by atoms with E-state index < -0.39 is 34.0 Å². The number of hydrogen-bond donors (Lipinski definition) is 1. The fourth-order valence-electron chi connectivity index (χ4n) is 0.622. The van der Waals surface area contributed by atoms with Gasteiger partial charge in [0.25, 0.3) is 0 Å². The highest BCUT2D eigenvalue weighted by atomic mass is 35.5. The van der Waals surface area contributed by atoms with Crippen LogP contribution in [0.4, 0.5) is 23.2 Å². The number of hydrogen-bond acceptors (Lipinski definition) is 1. The molecule has 0 amide bonds. The van der Waals surface area contributed by atoms with Crippen LogP contribution in [0.1, 0.15) is 0 Å². The van der Waals surface area contributed by atoms with Gasteiger partial charge in [-0.3, -0.25) is 0 Å². The van der Waals surface area contributed by atoms with Gasteiger partial charge in [0.05, 0.1) is 0 Å². The molecule has 0 heterocycles. The van der Waals surface area contributed by atoms with Gasteiger partial charge in [0.15, 0.2) is 23.3 Å². The molecule has 0 aliphatic heterocycles. The maximum Gasteiger partial charge on any atom is 0.198 e. The first-order valence-electron chi connectivity index (χ1n) is 2.73. The van der Waals surface area contributed by atoms with E-state index in [9.17, 15) is 17.6 Å². The van der Waals surface area contributed by atoms with Crippen LogP contribution in [0.25, 0.3) is 0 Å². The van der Waals surface area contributed by atoms with Gasteiger partial charge in [-0.25, -0.2) is 17.6 Å². The molecule has 0 unspecified atom stereocenters. The molecule has 0 atom stereocenters. The van der Waals surface area contributed by atoms with Crippen molar-refractivity contribution in [3.63, 3.8) is 0 Å². The zero-order valence-electron chi connectivity index (χ0n) is 5.47. The molecule has 12 heavy (non-hydrogen) atoms. The highest BCUT2D eigenvalue weighted by molar-refractivity contribution is 6.31. The normalized spacial score (nSPS) is 10.4. The molecule has 1 rings (SSSR count). The van der Waals surface area contributed by atoms with Gasteiger partial charge in [0.1, 0.15) is 10.7 Å². The van der Waals surface area contributed by atoms with Gasteiger partial charge in [-0.05, 0) is 0 Å². The van der Waals surface area contributed by atoms with Crippen molar-refractivity contribution in [2.24, 2.45) is 0 Å². The largest absolute Gasteiger partial charge is 0.394 e. The Morgan fingerprint density at radius 3 is 1.83 bits per heavy atom. The van der Waals surface area contributed by atoms with E-state index in [0.29, 0.717) is 0 Å². The molecule has 0 bridgehead atoms.